The molecular weight excluding hydrogens is 236 g/mol. The van der Waals surface area contributed by atoms with Gasteiger partial charge in [-0.3, -0.25) is 0 Å². The Balaban J connectivity index is 2.15. The van der Waals surface area contributed by atoms with E-state index < -0.39 is 0 Å². The largest absolute Gasteiger partial charge is 0.394 e. The smallest absolute Gasteiger partial charge is 0.0610 e. The molecule has 1 saturated heterocycles. The number of aliphatic hydroxyl groups is 1. The van der Waals surface area contributed by atoms with Crippen molar-refractivity contribution in [3.63, 3.8) is 0 Å². The second-order valence-electron chi connectivity index (χ2n) is 6.84. The van der Waals surface area contributed by atoms with Gasteiger partial charge in [0.1, 0.15) is 0 Å². The summed E-state index contributed by atoms with van der Waals surface area (Å²) in [4.78, 5) is 2.61. The number of hydrogen-bond acceptors (Lipinski definition) is 3. The van der Waals surface area contributed by atoms with Crippen molar-refractivity contribution in [2.75, 3.05) is 26.2 Å². The average Bonchev–Trinajstić information content (AvgIpc) is 2.82. The van der Waals surface area contributed by atoms with Crippen molar-refractivity contribution in [1.29, 1.82) is 0 Å². The lowest BCUT2D eigenvalue weighted by Gasteiger charge is -2.31. The first kappa shape index (κ1) is 16.9. The van der Waals surface area contributed by atoms with Crippen molar-refractivity contribution < 1.29 is 5.11 Å². The minimum atomic E-state index is -0.106. The van der Waals surface area contributed by atoms with Crippen LogP contribution in [0.1, 0.15) is 59.8 Å². The fraction of sp³-hybridized carbons (Fsp3) is 1.00. The Hall–Kier alpha value is -0.120. The molecule has 2 N–H and O–H groups in total. The molecule has 0 amide bonds. The number of unbranched alkanes of at least 4 members (excludes halogenated alkanes) is 1. The summed E-state index contributed by atoms with van der Waals surface area (Å²) in [5.41, 5.74) is -0.106. The zero-order valence-electron chi connectivity index (χ0n) is 13.4. The second-order valence-corrected chi connectivity index (χ2v) is 6.84. The summed E-state index contributed by atoms with van der Waals surface area (Å²) >= 11 is 0. The van der Waals surface area contributed by atoms with E-state index in [0.29, 0.717) is 6.04 Å². The molecule has 0 saturated carbocycles. The third kappa shape index (κ3) is 6.24. The molecule has 1 aliphatic rings. The molecule has 2 atom stereocenters. The van der Waals surface area contributed by atoms with Crippen molar-refractivity contribution >= 4 is 0 Å². The first-order valence-electron chi connectivity index (χ1n) is 8.10. The highest BCUT2D eigenvalue weighted by atomic mass is 16.3. The van der Waals surface area contributed by atoms with E-state index in [1.165, 1.54) is 45.3 Å². The summed E-state index contributed by atoms with van der Waals surface area (Å²) in [5.74, 6) is 0.935. The molecule has 0 aromatic rings. The van der Waals surface area contributed by atoms with Gasteiger partial charge in [0.05, 0.1) is 6.61 Å². The minimum Gasteiger partial charge on any atom is -0.394 e. The molecule has 3 nitrogen and oxygen atoms in total. The van der Waals surface area contributed by atoms with Crippen molar-refractivity contribution in [3.05, 3.63) is 0 Å². The van der Waals surface area contributed by atoms with Crippen LogP contribution in [0.25, 0.3) is 0 Å². The van der Waals surface area contributed by atoms with Gasteiger partial charge in [-0.2, -0.15) is 0 Å². The van der Waals surface area contributed by atoms with Crippen LogP contribution in [0.15, 0.2) is 0 Å². The van der Waals surface area contributed by atoms with Crippen molar-refractivity contribution in [1.82, 2.24) is 10.2 Å². The number of nitrogens with one attached hydrogen (secondary N) is 1. The average molecular weight is 270 g/mol. The number of rotatable bonds is 9. The maximum Gasteiger partial charge on any atom is 0.0610 e. The predicted molar refractivity (Wildman–Crippen MR) is 82.5 cm³/mol. The van der Waals surface area contributed by atoms with E-state index in [-0.39, 0.29) is 12.1 Å². The van der Waals surface area contributed by atoms with E-state index in [4.69, 9.17) is 0 Å². The van der Waals surface area contributed by atoms with Gasteiger partial charge < -0.3 is 15.3 Å². The lowest BCUT2D eigenvalue weighted by atomic mass is 9.94. The Bertz CT molecular complexity index is 245. The van der Waals surface area contributed by atoms with Crippen LogP contribution in [0.3, 0.4) is 0 Å². The van der Waals surface area contributed by atoms with E-state index >= 15 is 0 Å². The molecule has 114 valence electrons. The van der Waals surface area contributed by atoms with Crippen LogP contribution in [0.4, 0.5) is 0 Å². The van der Waals surface area contributed by atoms with Crippen LogP contribution in [0.2, 0.25) is 0 Å². The van der Waals surface area contributed by atoms with Crippen molar-refractivity contribution in [2.45, 2.75) is 71.4 Å². The maximum absolute atomic E-state index is 9.54. The Morgan fingerprint density at radius 3 is 2.63 bits per heavy atom. The van der Waals surface area contributed by atoms with E-state index in [9.17, 15) is 5.11 Å². The van der Waals surface area contributed by atoms with Crippen LogP contribution in [-0.4, -0.2) is 47.8 Å². The van der Waals surface area contributed by atoms with E-state index in [2.05, 4.69) is 37.9 Å². The Morgan fingerprint density at radius 2 is 2.11 bits per heavy atom. The summed E-state index contributed by atoms with van der Waals surface area (Å²) in [6.45, 7) is 12.8. The second kappa shape index (κ2) is 8.23. The molecule has 1 heterocycles. The van der Waals surface area contributed by atoms with Gasteiger partial charge in [-0.25, -0.2) is 0 Å². The molecule has 2 unspecified atom stereocenters. The van der Waals surface area contributed by atoms with Gasteiger partial charge in [0, 0.05) is 18.1 Å². The third-order valence-corrected chi connectivity index (χ3v) is 4.39. The van der Waals surface area contributed by atoms with Gasteiger partial charge in [-0.15, -0.1) is 0 Å². The van der Waals surface area contributed by atoms with Crippen LogP contribution < -0.4 is 5.32 Å². The standard InChI is InChI=1S/C16H34N2O/c1-5-15-8-11-18(12-15)10-7-6-9-16(4,13-19)17-14(2)3/h14-15,17,19H,5-13H2,1-4H3. The minimum absolute atomic E-state index is 0.106. The monoisotopic (exact) mass is 270 g/mol. The summed E-state index contributed by atoms with van der Waals surface area (Å²) in [7, 11) is 0. The Kier molecular flexibility index (Phi) is 7.33. The zero-order chi connectivity index (χ0) is 14.3. The number of nitrogens with zero attached hydrogens (tertiary/aromatic N) is 1. The topological polar surface area (TPSA) is 35.5 Å². The Labute approximate surface area is 119 Å². The fourth-order valence-corrected chi connectivity index (χ4v) is 3.19. The first-order valence-corrected chi connectivity index (χ1v) is 8.10. The summed E-state index contributed by atoms with van der Waals surface area (Å²) in [5, 5.41) is 13.0. The molecule has 0 aliphatic carbocycles. The van der Waals surface area contributed by atoms with Gasteiger partial charge in [0.25, 0.3) is 0 Å². The van der Waals surface area contributed by atoms with Crippen molar-refractivity contribution in [3.8, 4) is 0 Å². The maximum atomic E-state index is 9.54. The molecule has 0 aromatic carbocycles. The lowest BCUT2D eigenvalue weighted by Crippen LogP contribution is -2.49. The molecule has 0 aromatic heterocycles. The molecule has 3 heteroatoms. The van der Waals surface area contributed by atoms with Gasteiger partial charge in [-0.05, 0) is 45.2 Å². The molecule has 0 spiro atoms. The SMILES string of the molecule is CCC1CCN(CCCCC(C)(CO)NC(C)C)C1. The van der Waals surface area contributed by atoms with E-state index in [1.54, 1.807) is 0 Å². The first-order chi connectivity index (χ1) is 8.99. The predicted octanol–water partition coefficient (Wildman–Crippen LogP) is 2.64. The van der Waals surface area contributed by atoms with Crippen LogP contribution >= 0.6 is 0 Å². The molecule has 0 bridgehead atoms. The molecule has 1 rings (SSSR count). The molecule has 0 radical (unpaired) electrons. The zero-order valence-corrected chi connectivity index (χ0v) is 13.4. The summed E-state index contributed by atoms with van der Waals surface area (Å²) < 4.78 is 0. The highest BCUT2D eigenvalue weighted by Gasteiger charge is 2.24. The number of aliphatic hydroxyl groups excluding tert-OH is 1. The van der Waals surface area contributed by atoms with Crippen LogP contribution in [0, 0.1) is 5.92 Å². The van der Waals surface area contributed by atoms with E-state index in [0.717, 1.165) is 12.3 Å². The lowest BCUT2D eigenvalue weighted by molar-refractivity contribution is 0.152. The highest BCUT2D eigenvalue weighted by Crippen LogP contribution is 2.20. The summed E-state index contributed by atoms with van der Waals surface area (Å²) in [6.07, 6.45) is 6.24. The normalized spacial score (nSPS) is 24.0. The molecule has 19 heavy (non-hydrogen) atoms. The molecular formula is C16H34N2O. The fourth-order valence-electron chi connectivity index (χ4n) is 3.19. The quantitative estimate of drug-likeness (QED) is 0.632. The summed E-state index contributed by atoms with van der Waals surface area (Å²) in [6, 6.07) is 0.432. The number of hydrogen-bond donors (Lipinski definition) is 2. The van der Waals surface area contributed by atoms with Gasteiger partial charge in [0.15, 0.2) is 0 Å². The van der Waals surface area contributed by atoms with Gasteiger partial charge >= 0.3 is 0 Å². The third-order valence-electron chi connectivity index (χ3n) is 4.39. The van der Waals surface area contributed by atoms with Crippen LogP contribution in [0.5, 0.6) is 0 Å². The Morgan fingerprint density at radius 1 is 1.37 bits per heavy atom. The highest BCUT2D eigenvalue weighted by molar-refractivity contribution is 4.84. The van der Waals surface area contributed by atoms with Gasteiger partial charge in [0.2, 0.25) is 0 Å². The van der Waals surface area contributed by atoms with Crippen molar-refractivity contribution in [2.24, 2.45) is 5.92 Å². The van der Waals surface area contributed by atoms with Crippen LogP contribution in [-0.2, 0) is 0 Å². The van der Waals surface area contributed by atoms with Gasteiger partial charge in [-0.1, -0.05) is 33.6 Å². The van der Waals surface area contributed by atoms with E-state index in [1.807, 2.05) is 0 Å². The number of likely N-dealkylation sites (tertiary alicyclic amines) is 1. The molecule has 1 aliphatic heterocycles. The molecule has 1 fully saturated rings.